The first kappa shape index (κ1) is 19.2. The van der Waals surface area contributed by atoms with E-state index in [4.69, 9.17) is 4.74 Å². The number of benzene rings is 2. The van der Waals surface area contributed by atoms with E-state index in [2.05, 4.69) is 10.3 Å². The normalized spacial score (nSPS) is 21.8. The van der Waals surface area contributed by atoms with Gasteiger partial charge in [-0.1, -0.05) is 30.3 Å². The molecular weight excluding hydrogens is 397 g/mol. The average Bonchev–Trinajstić information content (AvgIpc) is 3.33. The summed E-state index contributed by atoms with van der Waals surface area (Å²) < 4.78 is 19.8. The zero-order chi connectivity index (χ0) is 21.6. The Labute approximate surface area is 178 Å². The van der Waals surface area contributed by atoms with E-state index in [1.807, 2.05) is 42.5 Å². The molecule has 3 aromatic rings. The summed E-state index contributed by atoms with van der Waals surface area (Å²) in [7, 11) is 1.56. The number of carbonyl (C=O) groups is 2. The Kier molecular flexibility index (Phi) is 4.46. The molecule has 0 saturated carbocycles. The van der Waals surface area contributed by atoms with Crippen molar-refractivity contribution in [3.8, 4) is 5.75 Å². The van der Waals surface area contributed by atoms with Crippen molar-refractivity contribution in [2.45, 2.75) is 17.9 Å². The maximum atomic E-state index is 14.4. The molecule has 2 aromatic carbocycles. The second kappa shape index (κ2) is 7.19. The third-order valence-electron chi connectivity index (χ3n) is 6.22. The maximum Gasteiger partial charge on any atom is 0.276 e. The van der Waals surface area contributed by atoms with E-state index in [0.717, 1.165) is 16.8 Å². The summed E-state index contributed by atoms with van der Waals surface area (Å²) in [4.78, 5) is 32.3. The Hall–Kier alpha value is -3.74. The summed E-state index contributed by atoms with van der Waals surface area (Å²) >= 11 is 0. The van der Waals surface area contributed by atoms with Crippen molar-refractivity contribution >= 4 is 17.5 Å². The van der Waals surface area contributed by atoms with Gasteiger partial charge in [0.05, 0.1) is 13.2 Å². The van der Waals surface area contributed by atoms with Crippen LogP contribution < -0.4 is 10.1 Å². The molecule has 2 aliphatic rings. The summed E-state index contributed by atoms with van der Waals surface area (Å²) in [6, 6.07) is 16.8. The number of hydrogen-bond acceptors (Lipinski definition) is 4. The number of rotatable bonds is 3. The highest BCUT2D eigenvalue weighted by atomic mass is 19.1. The number of aromatic nitrogens is 1. The number of ether oxygens (including phenoxy) is 1. The molecule has 1 aromatic heterocycles. The number of halogens is 1. The van der Waals surface area contributed by atoms with Crippen LogP contribution in [0.5, 0.6) is 5.75 Å². The van der Waals surface area contributed by atoms with Crippen LogP contribution in [0.15, 0.2) is 66.9 Å². The fourth-order valence-electron chi connectivity index (χ4n) is 4.86. The van der Waals surface area contributed by atoms with E-state index in [0.29, 0.717) is 18.7 Å². The highest BCUT2D eigenvalue weighted by Crippen LogP contribution is 2.55. The number of hydrogen-bond donors (Lipinski definition) is 1. The molecule has 0 aliphatic carbocycles. The Morgan fingerprint density at radius 1 is 1.19 bits per heavy atom. The van der Waals surface area contributed by atoms with Gasteiger partial charge >= 0.3 is 0 Å². The molecule has 2 atom stereocenters. The SMILES string of the molecule is COc1cccc([C@@H]2N(C(=O)c3ncccc3F)CC[C@]23C(=O)Nc2ccccc23)c1. The molecule has 0 unspecified atom stereocenters. The zero-order valence-electron chi connectivity index (χ0n) is 16.8. The van der Waals surface area contributed by atoms with E-state index in [-0.39, 0.29) is 11.6 Å². The molecule has 3 heterocycles. The van der Waals surface area contributed by atoms with Crippen LogP contribution in [0.3, 0.4) is 0 Å². The van der Waals surface area contributed by atoms with Crippen LogP contribution >= 0.6 is 0 Å². The number of carbonyl (C=O) groups excluding carboxylic acids is 2. The molecular formula is C24H20FN3O3. The Balaban J connectivity index is 1.69. The minimum absolute atomic E-state index is 0.168. The molecule has 31 heavy (non-hydrogen) atoms. The van der Waals surface area contributed by atoms with Gasteiger partial charge in [-0.3, -0.25) is 9.59 Å². The van der Waals surface area contributed by atoms with Crippen LogP contribution in [-0.4, -0.2) is 35.4 Å². The summed E-state index contributed by atoms with van der Waals surface area (Å²) in [5.41, 5.74) is 1.08. The summed E-state index contributed by atoms with van der Waals surface area (Å²) in [5.74, 6) is -0.782. The molecule has 2 aliphatic heterocycles. The number of methoxy groups -OCH3 is 1. The topological polar surface area (TPSA) is 71.5 Å². The lowest BCUT2D eigenvalue weighted by Gasteiger charge is -2.34. The lowest BCUT2D eigenvalue weighted by Crippen LogP contribution is -2.43. The average molecular weight is 417 g/mol. The van der Waals surface area contributed by atoms with Crippen molar-refractivity contribution < 1.29 is 18.7 Å². The second-order valence-corrected chi connectivity index (χ2v) is 7.73. The monoisotopic (exact) mass is 417 g/mol. The van der Waals surface area contributed by atoms with Crippen LogP contribution in [0.4, 0.5) is 10.1 Å². The molecule has 156 valence electrons. The van der Waals surface area contributed by atoms with Gasteiger partial charge in [-0.2, -0.15) is 0 Å². The number of amides is 2. The van der Waals surface area contributed by atoms with Gasteiger partial charge < -0.3 is 15.0 Å². The van der Waals surface area contributed by atoms with E-state index in [9.17, 15) is 14.0 Å². The first-order valence-electron chi connectivity index (χ1n) is 10.0. The van der Waals surface area contributed by atoms with Gasteiger partial charge in [-0.25, -0.2) is 9.37 Å². The van der Waals surface area contributed by atoms with Gasteiger partial charge in [0.1, 0.15) is 11.2 Å². The lowest BCUT2D eigenvalue weighted by molar-refractivity contribution is -0.121. The number of fused-ring (bicyclic) bond motifs is 2. The number of anilines is 1. The van der Waals surface area contributed by atoms with E-state index < -0.39 is 23.2 Å². The van der Waals surface area contributed by atoms with Crippen molar-refractivity contribution in [3.63, 3.8) is 0 Å². The summed E-state index contributed by atoms with van der Waals surface area (Å²) in [5, 5.41) is 2.97. The van der Waals surface area contributed by atoms with Crippen LogP contribution in [-0.2, 0) is 10.2 Å². The van der Waals surface area contributed by atoms with E-state index >= 15 is 0 Å². The molecule has 1 fully saturated rings. The number of likely N-dealkylation sites (tertiary alicyclic amines) is 1. The fraction of sp³-hybridized carbons (Fsp3) is 0.208. The largest absolute Gasteiger partial charge is 0.497 e. The Morgan fingerprint density at radius 3 is 2.84 bits per heavy atom. The highest BCUT2D eigenvalue weighted by Gasteiger charge is 2.59. The number of para-hydroxylation sites is 1. The number of pyridine rings is 1. The van der Waals surface area contributed by atoms with E-state index in [1.54, 1.807) is 18.1 Å². The first-order valence-corrected chi connectivity index (χ1v) is 10.0. The minimum Gasteiger partial charge on any atom is -0.497 e. The smallest absolute Gasteiger partial charge is 0.276 e. The Bertz CT molecular complexity index is 1200. The number of nitrogens with zero attached hydrogens (tertiary/aromatic N) is 2. The van der Waals surface area contributed by atoms with Crippen LogP contribution in [0, 0.1) is 5.82 Å². The van der Waals surface area contributed by atoms with Gasteiger partial charge in [0.25, 0.3) is 5.91 Å². The molecule has 1 saturated heterocycles. The molecule has 1 N–H and O–H groups in total. The van der Waals surface area contributed by atoms with Gasteiger partial charge in [0, 0.05) is 18.4 Å². The van der Waals surface area contributed by atoms with Crippen molar-refractivity contribution in [3.05, 3.63) is 89.5 Å². The van der Waals surface area contributed by atoms with Crippen molar-refractivity contribution in [1.82, 2.24) is 9.88 Å². The maximum absolute atomic E-state index is 14.4. The minimum atomic E-state index is -0.982. The van der Waals surface area contributed by atoms with Crippen molar-refractivity contribution in [1.29, 1.82) is 0 Å². The molecule has 1 spiro atoms. The molecule has 2 amide bonds. The van der Waals surface area contributed by atoms with Crippen LogP contribution in [0.2, 0.25) is 0 Å². The predicted octanol–water partition coefficient (Wildman–Crippen LogP) is 3.71. The van der Waals surface area contributed by atoms with Crippen LogP contribution in [0.25, 0.3) is 0 Å². The Morgan fingerprint density at radius 2 is 2.03 bits per heavy atom. The standard InChI is InChI=1S/C24H20FN3O3/c1-31-16-7-4-6-15(14-16)21-24(17-8-2-3-10-19(17)27-23(24)30)11-13-28(21)22(29)20-18(25)9-5-12-26-20/h2-10,12,14,21H,11,13H2,1H3,(H,27,30)/t21-,24+/m0/s1. The summed E-state index contributed by atoms with van der Waals surface area (Å²) in [6.07, 6.45) is 1.80. The second-order valence-electron chi connectivity index (χ2n) is 7.73. The van der Waals surface area contributed by atoms with Gasteiger partial charge in [-0.15, -0.1) is 0 Å². The fourth-order valence-corrected chi connectivity index (χ4v) is 4.86. The third-order valence-corrected chi connectivity index (χ3v) is 6.22. The molecule has 7 heteroatoms. The van der Waals surface area contributed by atoms with E-state index in [1.165, 1.54) is 18.3 Å². The number of nitrogens with one attached hydrogen (secondary N) is 1. The van der Waals surface area contributed by atoms with Gasteiger partial charge in [0.2, 0.25) is 5.91 Å². The van der Waals surface area contributed by atoms with Crippen LogP contribution in [0.1, 0.15) is 34.1 Å². The predicted molar refractivity (Wildman–Crippen MR) is 112 cm³/mol. The molecule has 5 rings (SSSR count). The van der Waals surface area contributed by atoms with Gasteiger partial charge in [0.15, 0.2) is 11.5 Å². The quantitative estimate of drug-likeness (QED) is 0.705. The third kappa shape index (κ3) is 2.80. The lowest BCUT2D eigenvalue weighted by atomic mass is 9.72. The molecule has 0 bridgehead atoms. The highest BCUT2D eigenvalue weighted by molar-refractivity contribution is 6.08. The zero-order valence-corrected chi connectivity index (χ0v) is 16.8. The van der Waals surface area contributed by atoms with Crippen molar-refractivity contribution in [2.24, 2.45) is 0 Å². The van der Waals surface area contributed by atoms with Crippen molar-refractivity contribution in [2.75, 3.05) is 19.0 Å². The van der Waals surface area contributed by atoms with Gasteiger partial charge in [-0.05, 0) is 47.9 Å². The summed E-state index contributed by atoms with van der Waals surface area (Å²) in [6.45, 7) is 0.290. The molecule has 6 nitrogen and oxygen atoms in total. The first-order chi connectivity index (χ1) is 15.1. The molecule has 0 radical (unpaired) electrons.